The van der Waals surface area contributed by atoms with Crippen molar-refractivity contribution >= 4 is 18.0 Å². The van der Waals surface area contributed by atoms with Gasteiger partial charge in [-0.2, -0.15) is 8.78 Å². The summed E-state index contributed by atoms with van der Waals surface area (Å²) in [4.78, 5) is 11.7. The maximum absolute atomic E-state index is 13.6. The van der Waals surface area contributed by atoms with E-state index in [-0.39, 0.29) is 28.3 Å². The largest absolute Gasteiger partial charge is 0.460 e. The zero-order chi connectivity index (χ0) is 17.9. The predicted octanol–water partition coefficient (Wildman–Crippen LogP) is 4.58. The summed E-state index contributed by atoms with van der Waals surface area (Å²) >= 11 is -0.579. The molecule has 4 rings (SSSR count). The number of hydrogen-bond donors (Lipinski definition) is 1. The van der Waals surface area contributed by atoms with Crippen LogP contribution in [0.3, 0.4) is 0 Å². The van der Waals surface area contributed by atoms with Crippen molar-refractivity contribution in [3.8, 4) is 0 Å². The number of esters is 1. The Morgan fingerprint density at radius 3 is 1.92 bits per heavy atom. The van der Waals surface area contributed by atoms with Crippen LogP contribution < -0.4 is 0 Å². The van der Waals surface area contributed by atoms with Gasteiger partial charge in [-0.15, -0.1) is 4.33 Å². The molecule has 138 valence electrons. The van der Waals surface area contributed by atoms with Crippen LogP contribution in [-0.2, 0) is 18.9 Å². The zero-order valence-corrected chi connectivity index (χ0v) is 15.0. The summed E-state index contributed by atoms with van der Waals surface area (Å²) in [6, 6.07) is 0. The highest BCUT2D eigenvalue weighted by molar-refractivity contribution is 7.96. The van der Waals surface area contributed by atoms with Gasteiger partial charge in [-0.1, -0.05) is 25.8 Å². The number of carbonyl (C=O) groups is 1. The lowest BCUT2D eigenvalue weighted by Crippen LogP contribution is -2.60. The molecular formula is C16H24F2O5S. The van der Waals surface area contributed by atoms with Crippen molar-refractivity contribution in [1.82, 2.24) is 0 Å². The topological polar surface area (TPSA) is 65.0 Å². The average Bonchev–Trinajstić information content (AvgIpc) is 2.37. The molecule has 4 aliphatic carbocycles. The van der Waals surface area contributed by atoms with E-state index in [9.17, 15) is 13.6 Å². The Hall–Kier alpha value is -0.440. The van der Waals surface area contributed by atoms with Gasteiger partial charge in [-0.25, -0.2) is 10.1 Å². The van der Waals surface area contributed by atoms with Gasteiger partial charge in [0.2, 0.25) is 0 Å². The molecule has 0 aromatic heterocycles. The van der Waals surface area contributed by atoms with E-state index in [4.69, 9.17) is 9.99 Å². The molecule has 0 aromatic carbocycles. The molecule has 4 fully saturated rings. The third kappa shape index (κ3) is 3.30. The minimum absolute atomic E-state index is 0.00271. The molecule has 5 nitrogen and oxygen atoms in total. The standard InChI is InChI=1S/C16H24F2O5S/c1-12-4-13(2)6-14(3,5-12)9-15(7-12,8-13)10-21-11(19)16(17,18)24-23-22-20/h20H,4-10H2,1-3H3. The third-order valence-corrected chi connectivity index (χ3v) is 6.39. The van der Waals surface area contributed by atoms with Crippen LogP contribution >= 0.6 is 12.0 Å². The summed E-state index contributed by atoms with van der Waals surface area (Å²) in [7, 11) is 0. The normalized spacial score (nSPS) is 43.9. The van der Waals surface area contributed by atoms with E-state index in [0.29, 0.717) is 0 Å². The van der Waals surface area contributed by atoms with Gasteiger partial charge in [-0.3, -0.25) is 0 Å². The van der Waals surface area contributed by atoms with Crippen LogP contribution in [0.15, 0.2) is 0 Å². The van der Waals surface area contributed by atoms with Crippen molar-refractivity contribution in [2.45, 2.75) is 64.6 Å². The van der Waals surface area contributed by atoms with Crippen LogP contribution in [-0.4, -0.2) is 23.1 Å². The van der Waals surface area contributed by atoms with E-state index in [0.717, 1.165) is 38.5 Å². The van der Waals surface area contributed by atoms with Crippen molar-refractivity contribution in [1.29, 1.82) is 0 Å². The van der Waals surface area contributed by atoms with E-state index in [1.54, 1.807) is 0 Å². The van der Waals surface area contributed by atoms with Gasteiger partial charge < -0.3 is 4.74 Å². The molecule has 4 bridgehead atoms. The van der Waals surface area contributed by atoms with E-state index in [1.165, 1.54) is 0 Å². The Morgan fingerprint density at radius 2 is 1.50 bits per heavy atom. The molecule has 0 amide bonds. The van der Waals surface area contributed by atoms with E-state index in [2.05, 4.69) is 30.1 Å². The summed E-state index contributed by atoms with van der Waals surface area (Å²) in [6.07, 6.45) is 6.19. The maximum atomic E-state index is 13.6. The number of alkyl halides is 2. The molecule has 0 saturated heterocycles. The van der Waals surface area contributed by atoms with Gasteiger partial charge in [0.1, 0.15) is 12.0 Å². The molecule has 4 saturated carbocycles. The number of ether oxygens (including phenoxy) is 1. The molecule has 0 unspecified atom stereocenters. The van der Waals surface area contributed by atoms with Crippen LogP contribution in [0.1, 0.15) is 59.3 Å². The smallest absolute Gasteiger partial charge is 0.415 e. The first-order chi connectivity index (χ1) is 10.9. The first-order valence-corrected chi connectivity index (χ1v) is 8.88. The Balaban J connectivity index is 1.70. The highest BCUT2D eigenvalue weighted by Gasteiger charge is 2.64. The lowest BCUT2D eigenvalue weighted by Gasteiger charge is -2.68. The second kappa shape index (κ2) is 5.53. The van der Waals surface area contributed by atoms with Gasteiger partial charge in [0.05, 0.1) is 6.61 Å². The fraction of sp³-hybridized carbons (Fsp3) is 0.938. The van der Waals surface area contributed by atoms with Gasteiger partial charge in [0.25, 0.3) is 0 Å². The van der Waals surface area contributed by atoms with Gasteiger partial charge >= 0.3 is 11.2 Å². The average molecular weight is 366 g/mol. The maximum Gasteiger partial charge on any atom is 0.415 e. The SMILES string of the molecule is CC12CC3(C)CC(C)(C1)CC(COC(=O)C(F)(F)SOOO)(C2)C3. The molecule has 0 atom stereocenters. The number of carbonyl (C=O) groups excluding carboxylic acids is 1. The van der Waals surface area contributed by atoms with E-state index >= 15 is 0 Å². The van der Waals surface area contributed by atoms with Crippen molar-refractivity contribution in [2.24, 2.45) is 21.7 Å². The Bertz CT molecular complexity index is 487. The summed E-state index contributed by atoms with van der Waals surface area (Å²) in [5.74, 6) is -1.67. The number of rotatable bonds is 6. The summed E-state index contributed by atoms with van der Waals surface area (Å²) in [6.45, 7) is 6.82. The van der Waals surface area contributed by atoms with Gasteiger partial charge in [0, 0.05) is 5.41 Å². The molecule has 0 heterocycles. The van der Waals surface area contributed by atoms with Crippen LogP contribution in [0.25, 0.3) is 0 Å². The predicted molar refractivity (Wildman–Crippen MR) is 82.8 cm³/mol. The minimum Gasteiger partial charge on any atom is -0.460 e. The van der Waals surface area contributed by atoms with Crippen LogP contribution in [0.2, 0.25) is 0 Å². The summed E-state index contributed by atoms with van der Waals surface area (Å²) in [5.41, 5.74) is 0.346. The fourth-order valence-electron chi connectivity index (χ4n) is 7.10. The highest BCUT2D eigenvalue weighted by Crippen LogP contribution is 2.73. The molecule has 0 radical (unpaired) electrons. The zero-order valence-electron chi connectivity index (χ0n) is 14.2. The van der Waals surface area contributed by atoms with Crippen molar-refractivity contribution in [3.63, 3.8) is 0 Å². The second-order valence-corrected chi connectivity index (χ2v) is 10.1. The first-order valence-electron chi connectivity index (χ1n) is 8.14. The van der Waals surface area contributed by atoms with Crippen molar-refractivity contribution in [3.05, 3.63) is 0 Å². The molecule has 0 spiro atoms. The number of halogens is 2. The lowest BCUT2D eigenvalue weighted by molar-refractivity contribution is -0.433. The summed E-state index contributed by atoms with van der Waals surface area (Å²) in [5, 5.41) is 7.15. The third-order valence-electron chi connectivity index (χ3n) is 5.88. The van der Waals surface area contributed by atoms with Gasteiger partial charge in [0.15, 0.2) is 0 Å². The highest BCUT2D eigenvalue weighted by atomic mass is 32.2. The van der Waals surface area contributed by atoms with Gasteiger partial charge in [-0.05, 0) is 54.8 Å². The molecular weight excluding hydrogens is 342 g/mol. The molecule has 8 heteroatoms. The van der Waals surface area contributed by atoms with Crippen LogP contribution in [0.5, 0.6) is 0 Å². The Morgan fingerprint density at radius 1 is 1.04 bits per heavy atom. The van der Waals surface area contributed by atoms with E-state index in [1.807, 2.05) is 0 Å². The Labute approximate surface area is 144 Å². The lowest BCUT2D eigenvalue weighted by atomic mass is 9.36. The second-order valence-electron chi connectivity index (χ2n) is 9.31. The molecule has 24 heavy (non-hydrogen) atoms. The fourth-order valence-corrected chi connectivity index (χ4v) is 7.35. The molecule has 4 aliphatic rings. The Kier molecular flexibility index (Phi) is 4.23. The van der Waals surface area contributed by atoms with Crippen LogP contribution in [0, 0.1) is 21.7 Å². The number of hydrogen-bond acceptors (Lipinski definition) is 6. The first kappa shape index (κ1) is 18.4. The molecule has 0 aromatic rings. The quantitative estimate of drug-likeness (QED) is 0.321. The summed E-state index contributed by atoms with van der Waals surface area (Å²) < 4.78 is 35.8. The van der Waals surface area contributed by atoms with E-state index < -0.39 is 23.3 Å². The minimum atomic E-state index is -3.93. The monoisotopic (exact) mass is 366 g/mol. The van der Waals surface area contributed by atoms with Crippen molar-refractivity contribution in [2.75, 3.05) is 6.61 Å². The van der Waals surface area contributed by atoms with Crippen molar-refractivity contribution < 1.29 is 32.9 Å². The molecule has 0 aliphatic heterocycles. The molecule has 1 N–H and O–H groups in total. The van der Waals surface area contributed by atoms with Crippen LogP contribution in [0.4, 0.5) is 8.78 Å².